The van der Waals surface area contributed by atoms with E-state index in [1.165, 1.54) is 29.3 Å². The molecule has 0 unspecified atom stereocenters. The van der Waals surface area contributed by atoms with E-state index in [0.717, 1.165) is 24.9 Å². The maximum atomic E-state index is 12.0. The van der Waals surface area contributed by atoms with Gasteiger partial charge in [0.05, 0.1) is 31.7 Å². The van der Waals surface area contributed by atoms with Gasteiger partial charge in [0.15, 0.2) is 0 Å². The molecule has 9 heteroatoms. The van der Waals surface area contributed by atoms with Crippen molar-refractivity contribution in [2.75, 3.05) is 13.7 Å². The van der Waals surface area contributed by atoms with Gasteiger partial charge in [-0.3, -0.25) is 4.68 Å². The highest BCUT2D eigenvalue weighted by atomic mass is 16.5. The van der Waals surface area contributed by atoms with Crippen molar-refractivity contribution in [3.63, 3.8) is 0 Å². The van der Waals surface area contributed by atoms with Crippen LogP contribution in [0.3, 0.4) is 0 Å². The van der Waals surface area contributed by atoms with E-state index in [1.807, 2.05) is 4.68 Å². The van der Waals surface area contributed by atoms with Crippen molar-refractivity contribution in [1.82, 2.24) is 29.5 Å². The molecular formula is C25H28N6O3. The lowest BCUT2D eigenvalue weighted by Crippen LogP contribution is -2.19. The van der Waals surface area contributed by atoms with Gasteiger partial charge in [0.25, 0.3) is 5.95 Å². The summed E-state index contributed by atoms with van der Waals surface area (Å²) < 4.78 is 14.0. The lowest BCUT2D eigenvalue weighted by molar-refractivity contribution is 0.0526. The first-order valence-electron chi connectivity index (χ1n) is 11.7. The van der Waals surface area contributed by atoms with Crippen LogP contribution >= 0.6 is 0 Å². The van der Waals surface area contributed by atoms with Gasteiger partial charge in [0.1, 0.15) is 11.0 Å². The third-order valence-corrected chi connectivity index (χ3v) is 6.49. The average molecular weight is 461 g/mol. The standard InChI is InChI=1S/C25H28N6O3/c1-3-34-24(32)20-13-26-31(16-20)25-28-21-14-27-30(22(21)23(29-25)33-2)15-17-9-11-19(12-10-17)18-7-5-4-6-8-18/h4-8,13-14,16-17,19H,3,9-12,15H2,1-2H3. The molecule has 1 aromatic carbocycles. The predicted molar refractivity (Wildman–Crippen MR) is 126 cm³/mol. The molecule has 3 aromatic heterocycles. The Hall–Kier alpha value is -3.75. The number of hydrogen-bond donors (Lipinski definition) is 0. The first-order valence-corrected chi connectivity index (χ1v) is 11.7. The zero-order valence-corrected chi connectivity index (χ0v) is 19.4. The van der Waals surface area contributed by atoms with Crippen LogP contribution in [0.15, 0.2) is 48.9 Å². The molecule has 4 aromatic rings. The minimum atomic E-state index is -0.434. The largest absolute Gasteiger partial charge is 0.479 e. The maximum absolute atomic E-state index is 12.0. The Kier molecular flexibility index (Phi) is 6.24. The molecule has 0 radical (unpaired) electrons. The zero-order chi connectivity index (χ0) is 23.5. The number of carbonyl (C=O) groups excluding carboxylic acids is 1. The Labute approximate surface area is 197 Å². The van der Waals surface area contributed by atoms with Crippen LogP contribution in [-0.2, 0) is 11.3 Å². The number of carbonyl (C=O) groups is 1. The molecule has 0 atom stereocenters. The number of esters is 1. The fourth-order valence-corrected chi connectivity index (χ4v) is 4.74. The molecule has 1 fully saturated rings. The maximum Gasteiger partial charge on any atom is 0.341 e. The number of hydrogen-bond acceptors (Lipinski definition) is 7. The second-order valence-corrected chi connectivity index (χ2v) is 8.62. The van der Waals surface area contributed by atoms with Gasteiger partial charge in [0.2, 0.25) is 5.88 Å². The summed E-state index contributed by atoms with van der Waals surface area (Å²) in [4.78, 5) is 21.1. The summed E-state index contributed by atoms with van der Waals surface area (Å²) in [7, 11) is 1.58. The number of nitrogens with zero attached hydrogens (tertiary/aromatic N) is 6. The number of benzene rings is 1. The van der Waals surface area contributed by atoms with E-state index in [4.69, 9.17) is 9.47 Å². The van der Waals surface area contributed by atoms with E-state index in [1.54, 1.807) is 26.4 Å². The minimum absolute atomic E-state index is 0.299. The molecule has 34 heavy (non-hydrogen) atoms. The first kappa shape index (κ1) is 22.1. The van der Waals surface area contributed by atoms with E-state index in [-0.39, 0.29) is 0 Å². The lowest BCUT2D eigenvalue weighted by Gasteiger charge is -2.29. The molecule has 176 valence electrons. The van der Waals surface area contributed by atoms with Gasteiger partial charge in [-0.25, -0.2) is 14.5 Å². The van der Waals surface area contributed by atoms with Gasteiger partial charge in [-0.1, -0.05) is 30.3 Å². The minimum Gasteiger partial charge on any atom is -0.479 e. The normalized spacial score (nSPS) is 18.2. The van der Waals surface area contributed by atoms with Crippen LogP contribution in [0.5, 0.6) is 5.88 Å². The van der Waals surface area contributed by atoms with Crippen LogP contribution in [-0.4, -0.2) is 49.2 Å². The SMILES string of the molecule is CCOC(=O)c1cnn(-c2nc(OC)c3c(cnn3CC3CCC(c4ccccc4)CC3)n2)c1. The van der Waals surface area contributed by atoms with Crippen LogP contribution in [0.1, 0.15) is 54.4 Å². The van der Waals surface area contributed by atoms with E-state index < -0.39 is 5.97 Å². The topological polar surface area (TPSA) is 97.0 Å². The Morgan fingerprint density at radius 2 is 1.85 bits per heavy atom. The van der Waals surface area contributed by atoms with Crippen molar-refractivity contribution in [3.05, 3.63) is 60.0 Å². The molecule has 9 nitrogen and oxygen atoms in total. The summed E-state index contributed by atoms with van der Waals surface area (Å²) in [5.41, 5.74) is 3.23. The van der Waals surface area contributed by atoms with Crippen molar-refractivity contribution >= 4 is 17.0 Å². The van der Waals surface area contributed by atoms with Crippen LogP contribution in [0, 0.1) is 5.92 Å². The Balaban J connectivity index is 1.34. The van der Waals surface area contributed by atoms with Crippen LogP contribution in [0.4, 0.5) is 0 Å². The van der Waals surface area contributed by atoms with Crippen molar-refractivity contribution in [2.24, 2.45) is 5.92 Å². The van der Waals surface area contributed by atoms with Crippen LogP contribution in [0.25, 0.3) is 17.0 Å². The molecule has 1 saturated carbocycles. The predicted octanol–water partition coefficient (Wildman–Crippen LogP) is 4.17. The number of ether oxygens (including phenoxy) is 2. The Morgan fingerprint density at radius 1 is 1.06 bits per heavy atom. The fraction of sp³-hybridized carbons (Fsp3) is 0.400. The van der Waals surface area contributed by atoms with Gasteiger partial charge in [-0.2, -0.15) is 15.2 Å². The molecule has 0 spiro atoms. The summed E-state index contributed by atoms with van der Waals surface area (Å²) in [6.07, 6.45) is 9.41. The molecule has 0 aliphatic heterocycles. The average Bonchev–Trinajstić information content (AvgIpc) is 3.53. The lowest BCUT2D eigenvalue weighted by atomic mass is 9.79. The van der Waals surface area contributed by atoms with E-state index in [0.29, 0.717) is 41.4 Å². The third kappa shape index (κ3) is 4.37. The third-order valence-electron chi connectivity index (χ3n) is 6.49. The molecule has 1 aliphatic rings. The first-order chi connectivity index (χ1) is 16.7. The second kappa shape index (κ2) is 9.62. The number of methoxy groups -OCH3 is 1. The van der Waals surface area contributed by atoms with Gasteiger partial charge in [0, 0.05) is 12.7 Å². The van der Waals surface area contributed by atoms with Crippen molar-refractivity contribution < 1.29 is 14.3 Å². The zero-order valence-electron chi connectivity index (χ0n) is 19.4. The highest BCUT2D eigenvalue weighted by Gasteiger charge is 2.24. The summed E-state index contributed by atoms with van der Waals surface area (Å²) >= 11 is 0. The number of rotatable bonds is 7. The summed E-state index contributed by atoms with van der Waals surface area (Å²) in [6, 6.07) is 10.8. The molecule has 0 saturated heterocycles. The Morgan fingerprint density at radius 3 is 2.59 bits per heavy atom. The van der Waals surface area contributed by atoms with Crippen LogP contribution in [0.2, 0.25) is 0 Å². The van der Waals surface area contributed by atoms with Crippen LogP contribution < -0.4 is 4.74 Å². The fourth-order valence-electron chi connectivity index (χ4n) is 4.74. The summed E-state index contributed by atoms with van der Waals surface area (Å²) in [5, 5.41) is 8.81. The van der Waals surface area contributed by atoms with Crippen molar-refractivity contribution in [2.45, 2.75) is 45.1 Å². The molecule has 5 rings (SSSR count). The van der Waals surface area contributed by atoms with Crippen molar-refractivity contribution in [3.8, 4) is 11.8 Å². The smallest absolute Gasteiger partial charge is 0.341 e. The molecule has 0 N–H and O–H groups in total. The molecule has 3 heterocycles. The van der Waals surface area contributed by atoms with Gasteiger partial charge in [-0.15, -0.1) is 0 Å². The monoisotopic (exact) mass is 460 g/mol. The van der Waals surface area contributed by atoms with E-state index in [9.17, 15) is 4.79 Å². The van der Waals surface area contributed by atoms with Gasteiger partial charge < -0.3 is 9.47 Å². The van der Waals surface area contributed by atoms with E-state index in [2.05, 4.69) is 50.5 Å². The van der Waals surface area contributed by atoms with Gasteiger partial charge >= 0.3 is 5.97 Å². The van der Waals surface area contributed by atoms with Crippen molar-refractivity contribution in [1.29, 1.82) is 0 Å². The van der Waals surface area contributed by atoms with E-state index >= 15 is 0 Å². The Bertz CT molecular complexity index is 1270. The second-order valence-electron chi connectivity index (χ2n) is 8.62. The quantitative estimate of drug-likeness (QED) is 0.382. The molecule has 1 aliphatic carbocycles. The highest BCUT2D eigenvalue weighted by Crippen LogP contribution is 2.37. The molecule has 0 bridgehead atoms. The number of fused-ring (bicyclic) bond motifs is 1. The highest BCUT2D eigenvalue weighted by molar-refractivity contribution is 5.88. The number of aromatic nitrogens is 6. The van der Waals surface area contributed by atoms with Gasteiger partial charge in [-0.05, 0) is 50.0 Å². The summed E-state index contributed by atoms with van der Waals surface area (Å²) in [6.45, 7) is 2.86. The molecule has 0 amide bonds. The summed E-state index contributed by atoms with van der Waals surface area (Å²) in [5.74, 6) is 1.49. The molecular weight excluding hydrogens is 432 g/mol.